The molecule has 0 aromatic heterocycles. The van der Waals surface area contributed by atoms with Crippen LogP contribution in [0.2, 0.25) is 0 Å². The van der Waals surface area contributed by atoms with Gasteiger partial charge in [-0.05, 0) is 51.9 Å². The van der Waals surface area contributed by atoms with Gasteiger partial charge in [-0.3, -0.25) is 19.2 Å². The molecule has 2 rings (SSSR count). The van der Waals surface area contributed by atoms with Gasteiger partial charge < -0.3 is 26.0 Å². The third kappa shape index (κ3) is 7.80. The minimum Gasteiger partial charge on any atom is -0.444 e. The number of primary amides is 1. The van der Waals surface area contributed by atoms with Crippen molar-refractivity contribution in [3.05, 3.63) is 12.2 Å². The van der Waals surface area contributed by atoms with E-state index >= 15 is 0 Å². The molecule has 0 aromatic rings. The van der Waals surface area contributed by atoms with Crippen LogP contribution in [0.5, 0.6) is 0 Å². The van der Waals surface area contributed by atoms with Gasteiger partial charge in [0.1, 0.15) is 17.7 Å². The van der Waals surface area contributed by atoms with Crippen LogP contribution in [0.1, 0.15) is 74.1 Å². The molecule has 1 unspecified atom stereocenters. The first-order valence-corrected chi connectivity index (χ1v) is 12.5. The molecule has 1 aliphatic heterocycles. The van der Waals surface area contributed by atoms with Gasteiger partial charge >= 0.3 is 6.09 Å². The smallest absolute Gasteiger partial charge is 0.408 e. The van der Waals surface area contributed by atoms with Crippen molar-refractivity contribution in [1.29, 1.82) is 0 Å². The van der Waals surface area contributed by atoms with Gasteiger partial charge in [0.05, 0.1) is 6.04 Å². The SMILES string of the molecule is C=C(C)[C@H]1CCN(C(=O)[C@@H](NC(=O)OC(C)(C)C)C(C)(C)C)[C@@H]1C(=O)NC(CC1CC1)C(=O)C(N)=O. The highest BCUT2D eigenvalue weighted by atomic mass is 16.6. The quantitative estimate of drug-likeness (QED) is 0.322. The molecule has 4 N–H and O–H groups in total. The lowest BCUT2D eigenvalue weighted by molar-refractivity contribution is -0.144. The van der Waals surface area contributed by atoms with Gasteiger partial charge in [0.2, 0.25) is 17.6 Å². The summed E-state index contributed by atoms with van der Waals surface area (Å²) in [6, 6.07) is -2.95. The Kier molecular flexibility index (Phi) is 8.96. The predicted molar refractivity (Wildman–Crippen MR) is 135 cm³/mol. The number of alkyl carbamates (subject to hydrolysis) is 1. The molecule has 0 radical (unpaired) electrons. The van der Waals surface area contributed by atoms with E-state index in [0.29, 0.717) is 12.8 Å². The molecule has 0 bridgehead atoms. The minimum absolute atomic E-state index is 0.250. The molecule has 4 atom stereocenters. The van der Waals surface area contributed by atoms with Crippen molar-refractivity contribution >= 4 is 29.6 Å². The van der Waals surface area contributed by atoms with Crippen LogP contribution >= 0.6 is 0 Å². The maximum Gasteiger partial charge on any atom is 0.408 e. The normalized spacial score (nSPS) is 21.8. The molecule has 1 heterocycles. The van der Waals surface area contributed by atoms with E-state index in [1.54, 1.807) is 27.7 Å². The van der Waals surface area contributed by atoms with E-state index in [1.165, 1.54) is 4.90 Å². The monoisotopic (exact) mass is 506 g/mol. The fourth-order valence-corrected chi connectivity index (χ4v) is 4.47. The Hall–Kier alpha value is -2.91. The predicted octanol–water partition coefficient (Wildman–Crippen LogP) is 2.06. The van der Waals surface area contributed by atoms with E-state index < -0.39 is 58.7 Å². The van der Waals surface area contributed by atoms with Gasteiger partial charge in [-0.1, -0.05) is 45.8 Å². The molecule has 1 aliphatic carbocycles. The Morgan fingerprint density at radius 2 is 1.61 bits per heavy atom. The number of amides is 4. The van der Waals surface area contributed by atoms with Crippen LogP contribution in [0.15, 0.2) is 12.2 Å². The Bertz CT molecular complexity index is 912. The zero-order valence-corrected chi connectivity index (χ0v) is 22.6. The number of carbonyl (C=O) groups is 5. The number of nitrogens with one attached hydrogen (secondary N) is 2. The highest BCUT2D eigenvalue weighted by Gasteiger charge is 2.47. The number of carbonyl (C=O) groups excluding carboxylic acids is 5. The van der Waals surface area contributed by atoms with Crippen molar-refractivity contribution in [2.24, 2.45) is 23.0 Å². The second-order valence-electron chi connectivity index (χ2n) is 12.1. The molecule has 0 spiro atoms. The summed E-state index contributed by atoms with van der Waals surface area (Å²) in [5.74, 6) is -3.03. The van der Waals surface area contributed by atoms with Crippen molar-refractivity contribution in [3.63, 3.8) is 0 Å². The zero-order valence-electron chi connectivity index (χ0n) is 22.6. The number of likely N-dealkylation sites (tertiary alicyclic amines) is 1. The summed E-state index contributed by atoms with van der Waals surface area (Å²) in [6.45, 7) is 16.7. The van der Waals surface area contributed by atoms with Crippen LogP contribution in [-0.2, 0) is 23.9 Å². The summed E-state index contributed by atoms with van der Waals surface area (Å²) in [7, 11) is 0. The van der Waals surface area contributed by atoms with Crippen molar-refractivity contribution in [1.82, 2.24) is 15.5 Å². The third-order valence-corrected chi connectivity index (χ3v) is 6.50. The first-order valence-electron chi connectivity index (χ1n) is 12.5. The van der Waals surface area contributed by atoms with Crippen LogP contribution < -0.4 is 16.4 Å². The summed E-state index contributed by atoms with van der Waals surface area (Å²) < 4.78 is 5.36. The van der Waals surface area contributed by atoms with E-state index in [4.69, 9.17) is 10.5 Å². The number of rotatable bonds is 9. The summed E-state index contributed by atoms with van der Waals surface area (Å²) in [5.41, 5.74) is 4.50. The highest BCUT2D eigenvalue weighted by Crippen LogP contribution is 2.35. The number of nitrogens with zero attached hydrogens (tertiary/aromatic N) is 1. The van der Waals surface area contributed by atoms with Crippen LogP contribution in [0.3, 0.4) is 0 Å². The molecular weight excluding hydrogens is 464 g/mol. The van der Waals surface area contributed by atoms with E-state index in [-0.39, 0.29) is 18.4 Å². The van der Waals surface area contributed by atoms with Gasteiger partial charge in [0, 0.05) is 12.5 Å². The minimum atomic E-state index is -1.11. The topological polar surface area (TPSA) is 148 Å². The zero-order chi connectivity index (χ0) is 27.6. The molecule has 1 saturated carbocycles. The number of nitrogens with two attached hydrogens (primary N) is 1. The number of hydrogen-bond donors (Lipinski definition) is 3. The van der Waals surface area contributed by atoms with E-state index in [0.717, 1.165) is 18.4 Å². The molecule has 1 saturated heterocycles. The fourth-order valence-electron chi connectivity index (χ4n) is 4.47. The lowest BCUT2D eigenvalue weighted by Gasteiger charge is -2.36. The molecule has 0 aromatic carbocycles. The Balaban J connectivity index is 2.32. The van der Waals surface area contributed by atoms with E-state index in [1.807, 2.05) is 20.8 Å². The summed E-state index contributed by atoms with van der Waals surface area (Å²) in [4.78, 5) is 65.3. The standard InChI is InChI=1S/C26H42N4O6/c1-14(2)16-11-12-30(23(34)20(25(3,4)5)29-24(35)36-26(6,7)8)18(16)22(33)28-17(13-15-9-10-15)19(31)21(27)32/h15-18,20H,1,9-13H2,2-8H3,(H2,27,32)(H,28,33)(H,29,35)/t16-,17?,18+,20-/m1/s1. The van der Waals surface area contributed by atoms with Crippen LogP contribution in [0, 0.1) is 17.3 Å². The van der Waals surface area contributed by atoms with Gasteiger partial charge in [0.15, 0.2) is 0 Å². The molecule has 10 nitrogen and oxygen atoms in total. The van der Waals surface area contributed by atoms with Crippen molar-refractivity contribution in [2.45, 2.75) is 97.9 Å². The molecular formula is C26H42N4O6. The molecule has 2 aliphatic rings. The van der Waals surface area contributed by atoms with Crippen LogP contribution in [0.25, 0.3) is 0 Å². The van der Waals surface area contributed by atoms with E-state index in [9.17, 15) is 24.0 Å². The Morgan fingerprint density at radius 1 is 1.03 bits per heavy atom. The number of Topliss-reactive ketones (excluding diaryl/α,β-unsaturated/α-hetero) is 1. The van der Waals surface area contributed by atoms with Crippen molar-refractivity contribution < 1.29 is 28.7 Å². The van der Waals surface area contributed by atoms with Gasteiger partial charge in [-0.2, -0.15) is 0 Å². The largest absolute Gasteiger partial charge is 0.444 e. The summed E-state index contributed by atoms with van der Waals surface area (Å²) >= 11 is 0. The lowest BCUT2D eigenvalue weighted by Crippen LogP contribution is -2.60. The summed E-state index contributed by atoms with van der Waals surface area (Å²) in [6.07, 6.45) is 1.94. The maximum absolute atomic E-state index is 13.8. The number of ketones is 1. The third-order valence-electron chi connectivity index (χ3n) is 6.50. The van der Waals surface area contributed by atoms with Crippen molar-refractivity contribution in [3.8, 4) is 0 Å². The second-order valence-corrected chi connectivity index (χ2v) is 12.1. The average molecular weight is 507 g/mol. The van der Waals surface area contributed by atoms with Gasteiger partial charge in [-0.25, -0.2) is 4.79 Å². The highest BCUT2D eigenvalue weighted by molar-refractivity contribution is 6.37. The maximum atomic E-state index is 13.8. The van der Waals surface area contributed by atoms with Crippen LogP contribution in [0.4, 0.5) is 4.79 Å². The molecule has 202 valence electrons. The molecule has 10 heteroatoms. The molecule has 2 fully saturated rings. The molecule has 36 heavy (non-hydrogen) atoms. The van der Waals surface area contributed by atoms with E-state index in [2.05, 4.69) is 17.2 Å². The van der Waals surface area contributed by atoms with Crippen LogP contribution in [-0.4, -0.2) is 64.8 Å². The first-order chi connectivity index (χ1) is 16.4. The average Bonchev–Trinajstić information content (AvgIpc) is 3.41. The lowest BCUT2D eigenvalue weighted by atomic mass is 9.85. The first kappa shape index (κ1) is 29.3. The molecule has 4 amide bonds. The Labute approximate surface area is 213 Å². The second kappa shape index (κ2) is 11.0. The summed E-state index contributed by atoms with van der Waals surface area (Å²) in [5, 5.41) is 5.37. The number of ether oxygens (including phenoxy) is 1. The fraction of sp³-hybridized carbons (Fsp3) is 0.731. The van der Waals surface area contributed by atoms with Crippen molar-refractivity contribution in [2.75, 3.05) is 6.54 Å². The Morgan fingerprint density at radius 3 is 2.06 bits per heavy atom. The number of hydrogen-bond acceptors (Lipinski definition) is 6. The van der Waals surface area contributed by atoms with Gasteiger partial charge in [-0.15, -0.1) is 0 Å². The van der Waals surface area contributed by atoms with Gasteiger partial charge in [0.25, 0.3) is 5.91 Å².